The van der Waals surface area contributed by atoms with E-state index in [9.17, 15) is 4.79 Å². The normalized spacial score (nSPS) is 10.3. The minimum Gasteiger partial charge on any atom is -0.376 e. The maximum Gasteiger partial charge on any atom is 0.243 e. The van der Waals surface area contributed by atoms with Crippen molar-refractivity contribution >= 4 is 17.3 Å². The number of rotatable bonds is 5. The second-order valence-corrected chi connectivity index (χ2v) is 4.96. The zero-order valence-electron chi connectivity index (χ0n) is 12.6. The zero-order chi connectivity index (χ0) is 16.1. The number of para-hydroxylation sites is 1. The highest BCUT2D eigenvalue weighted by molar-refractivity contribution is 5.93. The first kappa shape index (κ1) is 14.7. The monoisotopic (exact) mass is 308 g/mol. The molecule has 116 valence electrons. The molecule has 0 aliphatic heterocycles. The van der Waals surface area contributed by atoms with Crippen molar-refractivity contribution in [1.29, 1.82) is 0 Å². The van der Waals surface area contributed by atoms with E-state index in [1.165, 1.54) is 0 Å². The standard InChI is InChI=1S/C16H16N6O/c1-12-19-20-21-22(12)15-9-5-8-14(10-15)17-11-16(23)18-13-6-3-2-4-7-13/h2-10,17H,11H2,1H3,(H,18,23). The van der Waals surface area contributed by atoms with Crippen LogP contribution in [-0.2, 0) is 4.79 Å². The predicted molar refractivity (Wildman–Crippen MR) is 87.5 cm³/mol. The van der Waals surface area contributed by atoms with E-state index in [0.29, 0.717) is 5.82 Å². The van der Waals surface area contributed by atoms with Crippen molar-refractivity contribution in [2.24, 2.45) is 0 Å². The van der Waals surface area contributed by atoms with E-state index in [0.717, 1.165) is 17.1 Å². The zero-order valence-corrected chi connectivity index (χ0v) is 12.6. The van der Waals surface area contributed by atoms with Crippen LogP contribution < -0.4 is 10.6 Å². The van der Waals surface area contributed by atoms with Crippen LogP contribution in [0.1, 0.15) is 5.82 Å². The van der Waals surface area contributed by atoms with Crippen LogP contribution in [0.5, 0.6) is 0 Å². The first-order valence-electron chi connectivity index (χ1n) is 7.16. The number of hydrogen-bond donors (Lipinski definition) is 2. The molecule has 7 heteroatoms. The third kappa shape index (κ3) is 3.70. The fourth-order valence-corrected chi connectivity index (χ4v) is 2.13. The van der Waals surface area contributed by atoms with Gasteiger partial charge in [-0.25, -0.2) is 0 Å². The van der Waals surface area contributed by atoms with Crippen molar-refractivity contribution in [2.45, 2.75) is 6.92 Å². The van der Waals surface area contributed by atoms with Gasteiger partial charge in [0.1, 0.15) is 0 Å². The van der Waals surface area contributed by atoms with Crippen LogP contribution in [-0.4, -0.2) is 32.7 Å². The summed E-state index contributed by atoms with van der Waals surface area (Å²) in [5.41, 5.74) is 2.43. The quantitative estimate of drug-likeness (QED) is 0.753. The minimum atomic E-state index is -0.111. The maximum atomic E-state index is 11.9. The van der Waals surface area contributed by atoms with Crippen LogP contribution in [0, 0.1) is 6.92 Å². The van der Waals surface area contributed by atoms with E-state index < -0.39 is 0 Å². The second-order valence-electron chi connectivity index (χ2n) is 4.96. The largest absolute Gasteiger partial charge is 0.376 e. The summed E-state index contributed by atoms with van der Waals surface area (Å²) in [6.45, 7) is 2.00. The van der Waals surface area contributed by atoms with Gasteiger partial charge in [-0.1, -0.05) is 24.3 Å². The van der Waals surface area contributed by atoms with Crippen LogP contribution in [0.2, 0.25) is 0 Å². The summed E-state index contributed by atoms with van der Waals surface area (Å²) in [6.07, 6.45) is 0. The van der Waals surface area contributed by atoms with E-state index in [-0.39, 0.29) is 12.5 Å². The van der Waals surface area contributed by atoms with E-state index in [1.54, 1.807) is 4.68 Å². The molecule has 0 unspecified atom stereocenters. The highest BCUT2D eigenvalue weighted by Gasteiger charge is 2.05. The number of aromatic nitrogens is 4. The molecule has 2 aromatic carbocycles. The van der Waals surface area contributed by atoms with Gasteiger partial charge in [-0.2, -0.15) is 4.68 Å². The number of nitrogens with zero attached hydrogens (tertiary/aromatic N) is 4. The van der Waals surface area contributed by atoms with Gasteiger partial charge in [0.15, 0.2) is 5.82 Å². The molecule has 1 aromatic heterocycles. The van der Waals surface area contributed by atoms with Crippen LogP contribution in [0.25, 0.3) is 5.69 Å². The number of nitrogens with one attached hydrogen (secondary N) is 2. The van der Waals surface area contributed by atoms with E-state index in [4.69, 9.17) is 0 Å². The summed E-state index contributed by atoms with van der Waals surface area (Å²) >= 11 is 0. The van der Waals surface area contributed by atoms with Crippen molar-refractivity contribution < 1.29 is 4.79 Å². The Morgan fingerprint density at radius 2 is 1.87 bits per heavy atom. The molecule has 0 spiro atoms. The Hall–Kier alpha value is -3.22. The molecule has 0 saturated carbocycles. The second kappa shape index (κ2) is 6.69. The summed E-state index contributed by atoms with van der Waals surface area (Å²) in [5, 5.41) is 17.3. The highest BCUT2D eigenvalue weighted by Crippen LogP contribution is 2.14. The topological polar surface area (TPSA) is 84.7 Å². The molecule has 0 bridgehead atoms. The summed E-state index contributed by atoms with van der Waals surface area (Å²) in [7, 11) is 0. The Bertz CT molecular complexity index is 799. The summed E-state index contributed by atoms with van der Waals surface area (Å²) in [5.74, 6) is 0.587. The van der Waals surface area contributed by atoms with Crippen molar-refractivity contribution in [1.82, 2.24) is 20.2 Å². The van der Waals surface area contributed by atoms with Crippen LogP contribution >= 0.6 is 0 Å². The lowest BCUT2D eigenvalue weighted by Gasteiger charge is -2.09. The molecule has 0 saturated heterocycles. The highest BCUT2D eigenvalue weighted by atomic mass is 16.1. The lowest BCUT2D eigenvalue weighted by atomic mass is 10.2. The average molecular weight is 308 g/mol. The SMILES string of the molecule is Cc1nnnn1-c1cccc(NCC(=O)Nc2ccccc2)c1. The van der Waals surface area contributed by atoms with Gasteiger partial charge >= 0.3 is 0 Å². The van der Waals surface area contributed by atoms with E-state index >= 15 is 0 Å². The van der Waals surface area contributed by atoms with Crippen LogP contribution in [0.15, 0.2) is 54.6 Å². The molecule has 2 N–H and O–H groups in total. The molecule has 0 aliphatic carbocycles. The Labute approximate surface area is 133 Å². The number of hydrogen-bond acceptors (Lipinski definition) is 5. The molecule has 3 aromatic rings. The average Bonchev–Trinajstić information content (AvgIpc) is 3.00. The lowest BCUT2D eigenvalue weighted by Crippen LogP contribution is -2.21. The molecular weight excluding hydrogens is 292 g/mol. The van der Waals surface area contributed by atoms with E-state index in [1.807, 2.05) is 61.5 Å². The van der Waals surface area contributed by atoms with Crippen LogP contribution in [0.4, 0.5) is 11.4 Å². The van der Waals surface area contributed by atoms with Gasteiger partial charge in [-0.05, 0) is 47.7 Å². The Kier molecular flexibility index (Phi) is 4.28. The Morgan fingerprint density at radius 3 is 2.61 bits per heavy atom. The molecule has 0 radical (unpaired) electrons. The summed E-state index contributed by atoms with van der Waals surface area (Å²) < 4.78 is 1.63. The van der Waals surface area contributed by atoms with Gasteiger partial charge in [0.25, 0.3) is 0 Å². The molecule has 7 nitrogen and oxygen atoms in total. The fraction of sp³-hybridized carbons (Fsp3) is 0.125. The molecule has 1 amide bonds. The number of amides is 1. The Balaban J connectivity index is 1.62. The molecule has 23 heavy (non-hydrogen) atoms. The molecule has 3 rings (SSSR count). The summed E-state index contributed by atoms with van der Waals surface area (Å²) in [4.78, 5) is 11.9. The van der Waals surface area contributed by atoms with Gasteiger partial charge in [-0.15, -0.1) is 5.10 Å². The molecule has 0 atom stereocenters. The predicted octanol–water partition coefficient (Wildman–Crippen LogP) is 2.02. The van der Waals surface area contributed by atoms with Crippen molar-refractivity contribution in [3.05, 3.63) is 60.4 Å². The van der Waals surface area contributed by atoms with Gasteiger partial charge in [0, 0.05) is 11.4 Å². The Morgan fingerprint density at radius 1 is 1.09 bits per heavy atom. The molecule has 0 fully saturated rings. The first-order chi connectivity index (χ1) is 11.2. The lowest BCUT2D eigenvalue weighted by molar-refractivity contribution is -0.114. The number of carbonyl (C=O) groups excluding carboxylic acids is 1. The van der Waals surface area contributed by atoms with Crippen molar-refractivity contribution in [3.63, 3.8) is 0 Å². The minimum absolute atomic E-state index is 0.111. The third-order valence-corrected chi connectivity index (χ3v) is 3.23. The van der Waals surface area contributed by atoms with E-state index in [2.05, 4.69) is 26.2 Å². The van der Waals surface area contributed by atoms with Crippen molar-refractivity contribution in [2.75, 3.05) is 17.2 Å². The molecule has 0 aliphatic rings. The van der Waals surface area contributed by atoms with Gasteiger partial charge in [-0.3, -0.25) is 4.79 Å². The third-order valence-electron chi connectivity index (χ3n) is 3.23. The molecular formula is C16H16N6O. The number of anilines is 2. The maximum absolute atomic E-state index is 11.9. The number of tetrazole rings is 1. The van der Waals surface area contributed by atoms with Crippen LogP contribution in [0.3, 0.4) is 0 Å². The van der Waals surface area contributed by atoms with Crippen molar-refractivity contribution in [3.8, 4) is 5.69 Å². The van der Waals surface area contributed by atoms with Gasteiger partial charge in [0.2, 0.25) is 5.91 Å². The smallest absolute Gasteiger partial charge is 0.243 e. The number of aryl methyl sites for hydroxylation is 1. The fourth-order valence-electron chi connectivity index (χ4n) is 2.13. The molecule has 1 heterocycles. The van der Waals surface area contributed by atoms with Gasteiger partial charge < -0.3 is 10.6 Å². The van der Waals surface area contributed by atoms with Gasteiger partial charge in [0.05, 0.1) is 12.2 Å². The number of benzene rings is 2. The summed E-state index contributed by atoms with van der Waals surface area (Å²) in [6, 6.07) is 16.9. The number of carbonyl (C=O) groups is 1. The first-order valence-corrected chi connectivity index (χ1v) is 7.16.